The van der Waals surface area contributed by atoms with Crippen molar-refractivity contribution in [2.45, 2.75) is 18.7 Å². The Balaban J connectivity index is 2.55. The molecule has 0 unspecified atom stereocenters. The maximum absolute atomic E-state index is 11.2. The van der Waals surface area contributed by atoms with Crippen LogP contribution in [0.1, 0.15) is 18.1 Å². The van der Waals surface area contributed by atoms with Gasteiger partial charge in [0, 0.05) is 11.9 Å². The van der Waals surface area contributed by atoms with Crippen molar-refractivity contribution in [3.05, 3.63) is 35.4 Å². The van der Waals surface area contributed by atoms with Crippen LogP contribution in [0.25, 0.3) is 0 Å². The number of alkyl halides is 1. The van der Waals surface area contributed by atoms with Crippen LogP contribution in [0.2, 0.25) is 0 Å². The number of rotatable bonds is 4. The lowest BCUT2D eigenvalue weighted by Crippen LogP contribution is -2.24. The van der Waals surface area contributed by atoms with Crippen molar-refractivity contribution >= 4 is 21.8 Å². The zero-order valence-electron chi connectivity index (χ0n) is 8.22. The van der Waals surface area contributed by atoms with E-state index in [1.807, 2.05) is 31.2 Å². The summed E-state index contributed by atoms with van der Waals surface area (Å²) in [5, 5.41) is 3.63. The summed E-state index contributed by atoms with van der Waals surface area (Å²) in [6.45, 7) is 2.62. The molecule has 0 aliphatic carbocycles. The van der Waals surface area contributed by atoms with E-state index >= 15 is 0 Å². The number of carbonyl (C=O) groups excluding carboxylic acids is 1. The van der Waals surface area contributed by atoms with Crippen LogP contribution in [0.5, 0.6) is 0 Å². The lowest BCUT2D eigenvalue weighted by Gasteiger charge is -2.02. The maximum Gasteiger partial charge on any atom is 0.224 e. The van der Waals surface area contributed by atoms with Gasteiger partial charge in [0.25, 0.3) is 0 Å². The maximum atomic E-state index is 11.2. The molecule has 0 atom stereocenters. The SMILES string of the molecule is CCNC(=O)Cc1ccc(CBr)cc1. The third-order valence-corrected chi connectivity index (χ3v) is 2.56. The monoisotopic (exact) mass is 255 g/mol. The molecule has 3 heteroatoms. The van der Waals surface area contributed by atoms with Crippen LogP contribution in [0, 0.1) is 0 Å². The lowest BCUT2D eigenvalue weighted by atomic mass is 10.1. The minimum absolute atomic E-state index is 0.0825. The van der Waals surface area contributed by atoms with Crippen LogP contribution in [0.3, 0.4) is 0 Å². The molecule has 1 aromatic carbocycles. The highest BCUT2D eigenvalue weighted by molar-refractivity contribution is 9.08. The molecular formula is C11H14BrNO. The van der Waals surface area contributed by atoms with Gasteiger partial charge in [-0.05, 0) is 18.1 Å². The lowest BCUT2D eigenvalue weighted by molar-refractivity contribution is -0.120. The van der Waals surface area contributed by atoms with Crippen molar-refractivity contribution in [2.24, 2.45) is 0 Å². The molecule has 0 fully saturated rings. The van der Waals surface area contributed by atoms with Gasteiger partial charge in [-0.15, -0.1) is 0 Å². The molecule has 1 aromatic rings. The van der Waals surface area contributed by atoms with E-state index in [4.69, 9.17) is 0 Å². The normalized spacial score (nSPS) is 9.86. The smallest absolute Gasteiger partial charge is 0.224 e. The van der Waals surface area contributed by atoms with Gasteiger partial charge in [-0.25, -0.2) is 0 Å². The molecule has 0 saturated heterocycles. The minimum atomic E-state index is 0.0825. The molecule has 1 rings (SSSR count). The Bertz CT molecular complexity index is 295. The standard InChI is InChI=1S/C11H14BrNO/c1-2-13-11(14)7-9-3-5-10(8-12)6-4-9/h3-6H,2,7-8H2,1H3,(H,13,14). The first-order valence-corrected chi connectivity index (χ1v) is 5.79. The summed E-state index contributed by atoms with van der Waals surface area (Å²) < 4.78 is 0. The fraction of sp³-hybridized carbons (Fsp3) is 0.364. The highest BCUT2D eigenvalue weighted by Crippen LogP contribution is 2.08. The summed E-state index contributed by atoms with van der Waals surface area (Å²) in [6.07, 6.45) is 0.469. The highest BCUT2D eigenvalue weighted by atomic mass is 79.9. The van der Waals surface area contributed by atoms with Crippen molar-refractivity contribution < 1.29 is 4.79 Å². The number of nitrogens with one attached hydrogen (secondary N) is 1. The van der Waals surface area contributed by atoms with Gasteiger partial charge >= 0.3 is 0 Å². The van der Waals surface area contributed by atoms with Gasteiger partial charge in [0.15, 0.2) is 0 Å². The average molecular weight is 256 g/mol. The van der Waals surface area contributed by atoms with E-state index in [0.717, 1.165) is 10.9 Å². The number of hydrogen-bond acceptors (Lipinski definition) is 1. The van der Waals surface area contributed by atoms with Crippen molar-refractivity contribution in [1.82, 2.24) is 5.32 Å². The van der Waals surface area contributed by atoms with E-state index < -0.39 is 0 Å². The zero-order chi connectivity index (χ0) is 10.4. The molecule has 14 heavy (non-hydrogen) atoms. The molecule has 1 N–H and O–H groups in total. The predicted molar refractivity (Wildman–Crippen MR) is 61.5 cm³/mol. The number of carbonyl (C=O) groups is 1. The zero-order valence-corrected chi connectivity index (χ0v) is 9.80. The Labute approximate surface area is 92.8 Å². The highest BCUT2D eigenvalue weighted by Gasteiger charge is 2.01. The molecule has 0 heterocycles. The molecular weight excluding hydrogens is 242 g/mol. The molecule has 2 nitrogen and oxygen atoms in total. The Morgan fingerprint density at radius 1 is 1.29 bits per heavy atom. The van der Waals surface area contributed by atoms with Crippen LogP contribution in [-0.2, 0) is 16.5 Å². The second-order valence-corrected chi connectivity index (χ2v) is 3.64. The van der Waals surface area contributed by atoms with Crippen molar-refractivity contribution in [3.63, 3.8) is 0 Å². The topological polar surface area (TPSA) is 29.1 Å². The second-order valence-electron chi connectivity index (χ2n) is 3.08. The number of halogens is 1. The summed E-state index contributed by atoms with van der Waals surface area (Å²) in [5.41, 5.74) is 2.28. The molecule has 0 aliphatic heterocycles. The van der Waals surface area contributed by atoms with Crippen LogP contribution in [0.4, 0.5) is 0 Å². The minimum Gasteiger partial charge on any atom is -0.356 e. The van der Waals surface area contributed by atoms with Gasteiger partial charge in [-0.2, -0.15) is 0 Å². The molecule has 76 valence electrons. The van der Waals surface area contributed by atoms with Crippen LogP contribution in [-0.4, -0.2) is 12.5 Å². The molecule has 0 radical (unpaired) electrons. The summed E-state index contributed by atoms with van der Waals surface area (Å²) in [6, 6.07) is 8.05. The van der Waals surface area contributed by atoms with Gasteiger partial charge < -0.3 is 5.32 Å². The van der Waals surface area contributed by atoms with E-state index in [1.165, 1.54) is 5.56 Å². The summed E-state index contributed by atoms with van der Waals surface area (Å²) >= 11 is 3.38. The quantitative estimate of drug-likeness (QED) is 0.822. The Morgan fingerprint density at radius 2 is 1.86 bits per heavy atom. The van der Waals surface area contributed by atoms with E-state index in [-0.39, 0.29) is 5.91 Å². The van der Waals surface area contributed by atoms with Gasteiger partial charge in [-0.3, -0.25) is 4.79 Å². The van der Waals surface area contributed by atoms with E-state index in [0.29, 0.717) is 13.0 Å². The first kappa shape index (κ1) is 11.2. The summed E-state index contributed by atoms with van der Waals surface area (Å²) in [4.78, 5) is 11.2. The van der Waals surface area contributed by atoms with E-state index in [9.17, 15) is 4.79 Å². The molecule has 1 amide bonds. The number of amides is 1. The average Bonchev–Trinajstić information content (AvgIpc) is 2.19. The third kappa shape index (κ3) is 3.50. The number of likely N-dealkylation sites (N-methyl/N-ethyl adjacent to an activating group) is 1. The summed E-state index contributed by atoms with van der Waals surface area (Å²) in [5.74, 6) is 0.0825. The third-order valence-electron chi connectivity index (χ3n) is 1.92. The van der Waals surface area contributed by atoms with Gasteiger partial charge in [0.2, 0.25) is 5.91 Å². The first-order valence-electron chi connectivity index (χ1n) is 4.66. The largest absolute Gasteiger partial charge is 0.356 e. The fourth-order valence-corrected chi connectivity index (χ4v) is 1.57. The van der Waals surface area contributed by atoms with Crippen molar-refractivity contribution in [1.29, 1.82) is 0 Å². The van der Waals surface area contributed by atoms with Gasteiger partial charge in [0.1, 0.15) is 0 Å². The first-order chi connectivity index (χ1) is 6.76. The molecule has 0 spiro atoms. The number of benzene rings is 1. The Kier molecular flexibility index (Phi) is 4.66. The van der Waals surface area contributed by atoms with E-state index in [1.54, 1.807) is 0 Å². The fourth-order valence-electron chi connectivity index (χ4n) is 1.19. The molecule has 0 saturated carbocycles. The Hall–Kier alpha value is -0.830. The number of hydrogen-bond donors (Lipinski definition) is 1. The molecule has 0 aliphatic rings. The predicted octanol–water partition coefficient (Wildman–Crippen LogP) is 2.26. The van der Waals surface area contributed by atoms with Crippen molar-refractivity contribution in [2.75, 3.05) is 6.54 Å². The van der Waals surface area contributed by atoms with Gasteiger partial charge in [0.05, 0.1) is 6.42 Å². The van der Waals surface area contributed by atoms with Crippen LogP contribution < -0.4 is 5.32 Å². The molecule has 0 bridgehead atoms. The Morgan fingerprint density at radius 3 is 2.36 bits per heavy atom. The summed E-state index contributed by atoms with van der Waals surface area (Å²) in [7, 11) is 0. The second kappa shape index (κ2) is 5.81. The molecule has 0 aromatic heterocycles. The van der Waals surface area contributed by atoms with Crippen LogP contribution in [0.15, 0.2) is 24.3 Å². The van der Waals surface area contributed by atoms with Gasteiger partial charge in [-0.1, -0.05) is 40.2 Å². The van der Waals surface area contributed by atoms with Crippen molar-refractivity contribution in [3.8, 4) is 0 Å². The van der Waals surface area contributed by atoms with Crippen LogP contribution >= 0.6 is 15.9 Å². The van der Waals surface area contributed by atoms with E-state index in [2.05, 4.69) is 21.2 Å².